The molecule has 0 spiro atoms. The topological polar surface area (TPSA) is 138 Å². The van der Waals surface area contributed by atoms with Crippen LogP contribution in [0.15, 0.2) is 0 Å². The highest BCUT2D eigenvalue weighted by Gasteiger charge is 2.36. The van der Waals surface area contributed by atoms with E-state index in [0.29, 0.717) is 11.8 Å². The first-order chi connectivity index (χ1) is 15.1. The van der Waals surface area contributed by atoms with Crippen molar-refractivity contribution in [2.24, 2.45) is 22.7 Å². The molecule has 2 fully saturated rings. The van der Waals surface area contributed by atoms with E-state index in [1.54, 1.807) is 41.5 Å². The Morgan fingerprint density at radius 1 is 0.697 bits per heavy atom. The minimum absolute atomic E-state index is 0.00319. The second-order valence-corrected chi connectivity index (χ2v) is 11.0. The van der Waals surface area contributed by atoms with Gasteiger partial charge in [0.15, 0.2) is 0 Å². The highest BCUT2D eigenvalue weighted by atomic mass is 16.5. The van der Waals surface area contributed by atoms with E-state index in [4.69, 9.17) is 20.1 Å². The van der Waals surface area contributed by atoms with Crippen LogP contribution in [0.3, 0.4) is 0 Å². The minimum atomic E-state index is -0.938. The van der Waals surface area contributed by atoms with Crippen LogP contribution in [0.2, 0.25) is 0 Å². The molecule has 3 N–H and O–H groups in total. The van der Waals surface area contributed by atoms with Gasteiger partial charge in [-0.1, -0.05) is 32.1 Å². The normalized spacial score (nSPS) is 21.0. The zero-order chi connectivity index (χ0) is 25.8. The highest BCUT2D eigenvalue weighted by Crippen LogP contribution is 2.40. The lowest BCUT2D eigenvalue weighted by atomic mass is 9.78. The van der Waals surface area contributed by atoms with E-state index in [2.05, 4.69) is 0 Å². The SMILES string of the molecule is CC(C)(C)C(=O)O.CC(C)(C)C(=O)O.O=C(O)CCC(=O)OC1CCCC1C1CCCCC1. The molecular weight excluding hydrogens is 428 g/mol. The fourth-order valence-corrected chi connectivity index (χ4v) is 3.64. The summed E-state index contributed by atoms with van der Waals surface area (Å²) < 4.78 is 5.53. The minimum Gasteiger partial charge on any atom is -0.481 e. The van der Waals surface area contributed by atoms with Crippen molar-refractivity contribution in [1.29, 1.82) is 0 Å². The Hall–Kier alpha value is -2.12. The lowest BCUT2D eigenvalue weighted by Crippen LogP contribution is -2.29. The van der Waals surface area contributed by atoms with Crippen molar-refractivity contribution in [2.45, 2.75) is 112 Å². The molecule has 0 saturated heterocycles. The molecule has 2 unspecified atom stereocenters. The lowest BCUT2D eigenvalue weighted by molar-refractivity contribution is -0.154. The molecule has 0 radical (unpaired) electrons. The van der Waals surface area contributed by atoms with Gasteiger partial charge in [0.05, 0.1) is 23.7 Å². The average Bonchev–Trinajstić information content (AvgIpc) is 3.14. The Bertz CT molecular complexity index is 612. The van der Waals surface area contributed by atoms with E-state index in [0.717, 1.165) is 12.8 Å². The van der Waals surface area contributed by atoms with Crippen LogP contribution in [0.25, 0.3) is 0 Å². The van der Waals surface area contributed by atoms with Gasteiger partial charge >= 0.3 is 23.9 Å². The number of carbonyl (C=O) groups excluding carboxylic acids is 1. The number of carboxylic acids is 3. The van der Waals surface area contributed by atoms with Gasteiger partial charge in [0.25, 0.3) is 0 Å². The van der Waals surface area contributed by atoms with Crippen LogP contribution in [0, 0.1) is 22.7 Å². The second kappa shape index (κ2) is 14.2. The summed E-state index contributed by atoms with van der Waals surface area (Å²) in [5.74, 6) is -1.55. The van der Waals surface area contributed by atoms with Crippen LogP contribution >= 0.6 is 0 Å². The van der Waals surface area contributed by atoms with Gasteiger partial charge < -0.3 is 20.1 Å². The number of hydrogen-bond donors (Lipinski definition) is 3. The molecule has 2 aliphatic rings. The Morgan fingerprint density at radius 3 is 1.55 bits per heavy atom. The number of ether oxygens (including phenoxy) is 1. The number of carbonyl (C=O) groups is 4. The average molecular weight is 473 g/mol. The van der Waals surface area contributed by atoms with E-state index in [1.165, 1.54) is 38.5 Å². The predicted octanol–water partition coefficient (Wildman–Crippen LogP) is 5.38. The molecule has 0 aromatic carbocycles. The van der Waals surface area contributed by atoms with Gasteiger partial charge in [-0.25, -0.2) is 0 Å². The van der Waals surface area contributed by atoms with Crippen LogP contribution in [0.1, 0.15) is 106 Å². The van der Waals surface area contributed by atoms with Gasteiger partial charge in [0.1, 0.15) is 6.10 Å². The maximum absolute atomic E-state index is 11.6. The Balaban J connectivity index is 0.000000605. The first-order valence-electron chi connectivity index (χ1n) is 11.9. The van der Waals surface area contributed by atoms with E-state index >= 15 is 0 Å². The fraction of sp³-hybridized carbons (Fsp3) is 0.840. The van der Waals surface area contributed by atoms with Gasteiger partial charge in [-0.05, 0) is 72.6 Å². The summed E-state index contributed by atoms with van der Waals surface area (Å²) in [6.45, 7) is 9.97. The fourth-order valence-electron chi connectivity index (χ4n) is 3.64. The molecule has 0 bridgehead atoms. The molecule has 0 aromatic heterocycles. The highest BCUT2D eigenvalue weighted by molar-refractivity contribution is 5.76. The quantitative estimate of drug-likeness (QED) is 0.453. The third-order valence-corrected chi connectivity index (χ3v) is 5.87. The molecule has 2 rings (SSSR count). The van der Waals surface area contributed by atoms with Crippen molar-refractivity contribution < 1.29 is 39.2 Å². The maximum Gasteiger partial charge on any atom is 0.308 e. The van der Waals surface area contributed by atoms with Crippen LogP contribution in [-0.2, 0) is 23.9 Å². The summed E-state index contributed by atoms with van der Waals surface area (Å²) in [7, 11) is 0. The third-order valence-electron chi connectivity index (χ3n) is 5.87. The van der Waals surface area contributed by atoms with Crippen LogP contribution in [0.4, 0.5) is 0 Å². The molecule has 0 amide bonds. The molecular formula is C25H44O8. The number of carboxylic acid groups (broad SMARTS) is 3. The standard InChI is InChI=1S/C15H24O4.2C5H10O2/c16-14(17)9-10-15(18)19-13-8-4-7-12(13)11-5-2-1-3-6-11;2*1-5(2,3)4(6)7/h11-13H,1-10H2,(H,16,17);2*1-3H3,(H,6,7). The van der Waals surface area contributed by atoms with Crippen LogP contribution in [-0.4, -0.2) is 45.3 Å². The summed E-state index contributed by atoms with van der Waals surface area (Å²) in [5.41, 5.74) is -1.17. The van der Waals surface area contributed by atoms with Crippen LogP contribution < -0.4 is 0 Å². The molecule has 2 saturated carbocycles. The molecule has 2 aliphatic carbocycles. The van der Waals surface area contributed by atoms with Crippen molar-refractivity contribution in [3.05, 3.63) is 0 Å². The summed E-state index contributed by atoms with van der Waals surface area (Å²) in [6.07, 6.45) is 9.68. The summed E-state index contributed by atoms with van der Waals surface area (Å²) in [6, 6.07) is 0. The molecule has 2 atom stereocenters. The Kier molecular flexibility index (Phi) is 13.3. The van der Waals surface area contributed by atoms with Gasteiger partial charge in [-0.15, -0.1) is 0 Å². The summed E-state index contributed by atoms with van der Waals surface area (Å²) in [5, 5.41) is 25.1. The summed E-state index contributed by atoms with van der Waals surface area (Å²) in [4.78, 5) is 42.1. The van der Waals surface area contributed by atoms with Crippen molar-refractivity contribution in [2.75, 3.05) is 0 Å². The zero-order valence-corrected chi connectivity index (χ0v) is 21.2. The zero-order valence-electron chi connectivity index (χ0n) is 21.2. The maximum atomic E-state index is 11.6. The number of rotatable bonds is 5. The number of esters is 1. The first kappa shape index (κ1) is 30.9. The van der Waals surface area contributed by atoms with Crippen molar-refractivity contribution in [3.8, 4) is 0 Å². The number of aliphatic carboxylic acids is 3. The molecule has 8 nitrogen and oxygen atoms in total. The van der Waals surface area contributed by atoms with Crippen molar-refractivity contribution in [3.63, 3.8) is 0 Å². The van der Waals surface area contributed by atoms with E-state index in [1.807, 2.05) is 0 Å². The van der Waals surface area contributed by atoms with Crippen molar-refractivity contribution in [1.82, 2.24) is 0 Å². The summed E-state index contributed by atoms with van der Waals surface area (Å²) >= 11 is 0. The molecule has 0 aromatic rings. The van der Waals surface area contributed by atoms with E-state index in [9.17, 15) is 19.2 Å². The van der Waals surface area contributed by atoms with Gasteiger partial charge in [0, 0.05) is 0 Å². The number of hydrogen-bond acceptors (Lipinski definition) is 5. The monoisotopic (exact) mass is 472 g/mol. The van der Waals surface area contributed by atoms with Gasteiger partial charge in [-0.3, -0.25) is 19.2 Å². The van der Waals surface area contributed by atoms with Gasteiger partial charge in [-0.2, -0.15) is 0 Å². The van der Waals surface area contributed by atoms with E-state index in [-0.39, 0.29) is 24.9 Å². The lowest BCUT2D eigenvalue weighted by Gasteiger charge is -2.31. The molecule has 192 valence electrons. The first-order valence-corrected chi connectivity index (χ1v) is 11.9. The molecule has 33 heavy (non-hydrogen) atoms. The van der Waals surface area contributed by atoms with Crippen molar-refractivity contribution >= 4 is 23.9 Å². The molecule has 0 heterocycles. The predicted molar refractivity (Wildman–Crippen MR) is 125 cm³/mol. The Morgan fingerprint density at radius 2 is 1.15 bits per heavy atom. The Labute approximate surface area is 198 Å². The van der Waals surface area contributed by atoms with E-state index < -0.39 is 28.7 Å². The smallest absolute Gasteiger partial charge is 0.308 e. The molecule has 8 heteroatoms. The van der Waals surface area contributed by atoms with Gasteiger partial charge in [0.2, 0.25) is 0 Å². The second-order valence-electron chi connectivity index (χ2n) is 11.0. The molecule has 0 aliphatic heterocycles. The largest absolute Gasteiger partial charge is 0.481 e. The third kappa shape index (κ3) is 13.9. The van der Waals surface area contributed by atoms with Crippen LogP contribution in [0.5, 0.6) is 0 Å².